The molecule has 0 aromatic heterocycles. The first-order valence-corrected chi connectivity index (χ1v) is 6.88. The van der Waals surface area contributed by atoms with Gasteiger partial charge >= 0.3 is 5.97 Å². The van der Waals surface area contributed by atoms with E-state index in [0.717, 1.165) is 12.8 Å². The molecular weight excluding hydrogens is 264 g/mol. The van der Waals surface area contributed by atoms with Gasteiger partial charge in [0.1, 0.15) is 11.6 Å². The Bertz CT molecular complexity index is 465. The Morgan fingerprint density at radius 3 is 2.40 bits per heavy atom. The maximum Gasteiger partial charge on any atom is 0.303 e. The van der Waals surface area contributed by atoms with Gasteiger partial charge in [-0.15, -0.1) is 0 Å². The predicted octanol–water partition coefficient (Wildman–Crippen LogP) is 3.21. The lowest BCUT2D eigenvalue weighted by atomic mass is 9.92. The van der Waals surface area contributed by atoms with Gasteiger partial charge < -0.3 is 5.11 Å². The normalized spacial score (nSPS) is 18.9. The van der Waals surface area contributed by atoms with Gasteiger partial charge in [-0.3, -0.25) is 9.69 Å². The highest BCUT2D eigenvalue weighted by atomic mass is 19.1. The topological polar surface area (TPSA) is 40.5 Å². The van der Waals surface area contributed by atoms with Crippen molar-refractivity contribution >= 4 is 5.97 Å². The van der Waals surface area contributed by atoms with Crippen LogP contribution in [0.3, 0.4) is 0 Å². The highest BCUT2D eigenvalue weighted by Gasteiger charge is 2.27. The van der Waals surface area contributed by atoms with Crippen LogP contribution in [0.2, 0.25) is 0 Å². The molecule has 1 aliphatic rings. The first-order valence-electron chi connectivity index (χ1n) is 6.88. The number of hydrogen-bond acceptors (Lipinski definition) is 2. The number of nitrogens with zero attached hydrogens (tertiary/aromatic N) is 1. The fourth-order valence-corrected chi connectivity index (χ4v) is 2.88. The van der Waals surface area contributed by atoms with E-state index in [1.54, 1.807) is 6.92 Å². The van der Waals surface area contributed by atoms with Gasteiger partial charge in [0.25, 0.3) is 0 Å². The Labute approximate surface area is 117 Å². The molecule has 110 valence electrons. The summed E-state index contributed by atoms with van der Waals surface area (Å²) in [7, 11) is 0. The summed E-state index contributed by atoms with van der Waals surface area (Å²) in [4.78, 5) is 12.7. The monoisotopic (exact) mass is 283 g/mol. The molecule has 1 N–H and O–H groups in total. The lowest BCUT2D eigenvalue weighted by molar-refractivity contribution is -0.138. The van der Waals surface area contributed by atoms with Crippen LogP contribution in [0.5, 0.6) is 0 Å². The molecule has 1 saturated heterocycles. The smallest absolute Gasteiger partial charge is 0.303 e. The fourth-order valence-electron chi connectivity index (χ4n) is 2.88. The van der Waals surface area contributed by atoms with E-state index in [2.05, 4.69) is 0 Å². The number of benzene rings is 1. The molecule has 0 saturated carbocycles. The van der Waals surface area contributed by atoms with E-state index in [-0.39, 0.29) is 23.9 Å². The van der Waals surface area contributed by atoms with Crippen molar-refractivity contribution in [3.05, 3.63) is 35.4 Å². The number of hydrogen-bond donors (Lipinski definition) is 1. The van der Waals surface area contributed by atoms with Gasteiger partial charge in [-0.05, 0) is 50.9 Å². The minimum absolute atomic E-state index is 0.101. The van der Waals surface area contributed by atoms with Crippen LogP contribution in [0.1, 0.15) is 37.8 Å². The van der Waals surface area contributed by atoms with Crippen LogP contribution in [0.25, 0.3) is 0 Å². The molecule has 0 spiro atoms. The number of carboxylic acid groups (broad SMARTS) is 1. The number of carboxylic acids is 1. The SMILES string of the molecule is CC(c1c(F)cccc1F)N1CCC(CC(=O)O)CC1. The van der Waals surface area contributed by atoms with Crippen molar-refractivity contribution in [2.75, 3.05) is 13.1 Å². The molecule has 0 amide bonds. The van der Waals surface area contributed by atoms with Crippen molar-refractivity contribution in [3.8, 4) is 0 Å². The predicted molar refractivity (Wildman–Crippen MR) is 71.3 cm³/mol. The Morgan fingerprint density at radius 2 is 1.90 bits per heavy atom. The summed E-state index contributed by atoms with van der Waals surface area (Å²) in [5, 5.41) is 8.78. The van der Waals surface area contributed by atoms with Crippen LogP contribution in [0.15, 0.2) is 18.2 Å². The Hall–Kier alpha value is -1.49. The number of aliphatic carboxylic acids is 1. The van der Waals surface area contributed by atoms with Crippen molar-refractivity contribution in [3.63, 3.8) is 0 Å². The molecule has 1 aromatic rings. The van der Waals surface area contributed by atoms with E-state index in [1.807, 2.05) is 4.90 Å². The molecule has 20 heavy (non-hydrogen) atoms. The standard InChI is InChI=1S/C15H19F2NO2/c1-10(15-12(16)3-2-4-13(15)17)18-7-5-11(6-8-18)9-14(19)20/h2-4,10-11H,5-9H2,1H3,(H,19,20). The highest BCUT2D eigenvalue weighted by molar-refractivity contribution is 5.67. The largest absolute Gasteiger partial charge is 0.481 e. The lowest BCUT2D eigenvalue weighted by Gasteiger charge is -2.36. The van der Waals surface area contributed by atoms with Crippen molar-refractivity contribution in [2.45, 2.75) is 32.2 Å². The third kappa shape index (κ3) is 3.33. The molecule has 3 nitrogen and oxygen atoms in total. The second kappa shape index (κ2) is 6.31. The number of piperidine rings is 1. The molecule has 1 atom stereocenters. The summed E-state index contributed by atoms with van der Waals surface area (Å²) >= 11 is 0. The first kappa shape index (κ1) is 14.9. The zero-order chi connectivity index (χ0) is 14.7. The van der Waals surface area contributed by atoms with Gasteiger partial charge in [-0.1, -0.05) is 6.07 Å². The van der Waals surface area contributed by atoms with E-state index in [9.17, 15) is 13.6 Å². The number of rotatable bonds is 4. The van der Waals surface area contributed by atoms with Gasteiger partial charge in [-0.2, -0.15) is 0 Å². The maximum absolute atomic E-state index is 13.8. The van der Waals surface area contributed by atoms with Crippen molar-refractivity contribution < 1.29 is 18.7 Å². The number of likely N-dealkylation sites (tertiary alicyclic amines) is 1. The third-order valence-electron chi connectivity index (χ3n) is 4.08. The van der Waals surface area contributed by atoms with Crippen LogP contribution in [-0.2, 0) is 4.79 Å². The molecule has 1 aliphatic heterocycles. The van der Waals surface area contributed by atoms with Crippen molar-refractivity contribution in [1.29, 1.82) is 0 Å². The van der Waals surface area contributed by atoms with Gasteiger partial charge in [0.05, 0.1) is 0 Å². The Kier molecular flexibility index (Phi) is 4.70. The molecule has 5 heteroatoms. The average Bonchev–Trinajstić information content (AvgIpc) is 2.38. The molecule has 1 unspecified atom stereocenters. The van der Waals surface area contributed by atoms with E-state index >= 15 is 0 Å². The molecular formula is C15H19F2NO2. The van der Waals surface area contributed by atoms with Gasteiger partial charge in [0.2, 0.25) is 0 Å². The zero-order valence-corrected chi connectivity index (χ0v) is 11.5. The van der Waals surface area contributed by atoms with Crippen LogP contribution >= 0.6 is 0 Å². The molecule has 1 aromatic carbocycles. The molecule has 2 rings (SSSR count). The summed E-state index contributed by atoms with van der Waals surface area (Å²) in [5.74, 6) is -1.66. The Morgan fingerprint density at radius 1 is 1.35 bits per heavy atom. The van der Waals surface area contributed by atoms with Crippen LogP contribution in [0.4, 0.5) is 8.78 Å². The molecule has 0 radical (unpaired) electrons. The maximum atomic E-state index is 13.8. The van der Waals surface area contributed by atoms with Gasteiger partial charge in [0, 0.05) is 18.0 Å². The average molecular weight is 283 g/mol. The minimum atomic E-state index is -0.781. The second-order valence-electron chi connectivity index (χ2n) is 5.39. The summed E-state index contributed by atoms with van der Waals surface area (Å²) < 4.78 is 27.5. The van der Waals surface area contributed by atoms with E-state index < -0.39 is 17.6 Å². The summed E-state index contributed by atoms with van der Waals surface area (Å²) in [6.07, 6.45) is 1.69. The highest BCUT2D eigenvalue weighted by Crippen LogP contribution is 2.30. The third-order valence-corrected chi connectivity index (χ3v) is 4.08. The second-order valence-corrected chi connectivity index (χ2v) is 5.39. The zero-order valence-electron chi connectivity index (χ0n) is 11.5. The number of carbonyl (C=O) groups is 1. The summed E-state index contributed by atoms with van der Waals surface area (Å²) in [6.45, 7) is 3.14. The van der Waals surface area contributed by atoms with Gasteiger partial charge in [0.15, 0.2) is 0 Å². The summed E-state index contributed by atoms with van der Waals surface area (Å²) in [6, 6.07) is 3.57. The fraction of sp³-hybridized carbons (Fsp3) is 0.533. The molecule has 1 fully saturated rings. The molecule has 0 aliphatic carbocycles. The Balaban J connectivity index is 2.01. The van der Waals surface area contributed by atoms with Crippen molar-refractivity contribution in [2.24, 2.45) is 5.92 Å². The first-order chi connectivity index (χ1) is 9.49. The van der Waals surface area contributed by atoms with Crippen LogP contribution in [-0.4, -0.2) is 29.1 Å². The van der Waals surface area contributed by atoms with E-state index in [1.165, 1.54) is 18.2 Å². The molecule has 0 bridgehead atoms. The van der Waals surface area contributed by atoms with Gasteiger partial charge in [-0.25, -0.2) is 8.78 Å². The van der Waals surface area contributed by atoms with E-state index in [0.29, 0.717) is 13.1 Å². The quantitative estimate of drug-likeness (QED) is 0.922. The lowest BCUT2D eigenvalue weighted by Crippen LogP contribution is -2.36. The van der Waals surface area contributed by atoms with Crippen LogP contribution < -0.4 is 0 Å². The van der Waals surface area contributed by atoms with E-state index in [4.69, 9.17) is 5.11 Å². The number of halogens is 2. The van der Waals surface area contributed by atoms with Crippen molar-refractivity contribution in [1.82, 2.24) is 4.90 Å². The minimum Gasteiger partial charge on any atom is -0.481 e. The van der Waals surface area contributed by atoms with Crippen LogP contribution in [0, 0.1) is 17.6 Å². The molecule has 1 heterocycles. The summed E-state index contributed by atoms with van der Waals surface area (Å²) in [5.41, 5.74) is 0.101.